The first kappa shape index (κ1) is 22.7. The minimum absolute atomic E-state index is 0.0160. The summed E-state index contributed by atoms with van der Waals surface area (Å²) in [6.07, 6.45) is 1.64. The summed E-state index contributed by atoms with van der Waals surface area (Å²) in [5.74, 6) is 0.591. The van der Waals surface area contributed by atoms with E-state index in [9.17, 15) is 9.59 Å². The number of methoxy groups -OCH3 is 1. The predicted octanol–water partition coefficient (Wildman–Crippen LogP) is 6.08. The average molecular weight is 488 g/mol. The molecular weight excluding hydrogens is 466 g/mol. The van der Waals surface area contributed by atoms with Crippen molar-refractivity contribution in [3.63, 3.8) is 0 Å². The second-order valence-electron chi connectivity index (χ2n) is 8.24. The van der Waals surface area contributed by atoms with Crippen LogP contribution in [-0.4, -0.2) is 19.6 Å². The second kappa shape index (κ2) is 8.96. The van der Waals surface area contributed by atoms with Crippen molar-refractivity contribution in [3.8, 4) is 11.5 Å². The number of anilines is 1. The lowest BCUT2D eigenvalue weighted by Crippen LogP contribution is -2.29. The molecule has 0 radical (unpaired) electrons. The molecule has 0 fully saturated rings. The van der Waals surface area contributed by atoms with Gasteiger partial charge in [-0.25, -0.2) is 0 Å². The Kier molecular flexibility index (Phi) is 5.83. The summed E-state index contributed by atoms with van der Waals surface area (Å²) < 4.78 is 17.3. The maximum atomic E-state index is 13.8. The molecule has 6 nitrogen and oxygen atoms in total. The van der Waals surface area contributed by atoms with Crippen molar-refractivity contribution in [2.45, 2.75) is 13.0 Å². The number of benzene rings is 3. The highest BCUT2D eigenvalue weighted by Gasteiger charge is 2.44. The molecule has 1 atom stereocenters. The largest absolute Gasteiger partial charge is 0.493 e. The van der Waals surface area contributed by atoms with Gasteiger partial charge in [-0.2, -0.15) is 0 Å². The van der Waals surface area contributed by atoms with Gasteiger partial charge in [0.2, 0.25) is 5.76 Å². The van der Waals surface area contributed by atoms with E-state index in [2.05, 4.69) is 6.58 Å². The third kappa shape index (κ3) is 3.86. The molecule has 1 aliphatic heterocycles. The van der Waals surface area contributed by atoms with Gasteiger partial charge in [0.05, 0.1) is 24.1 Å². The van der Waals surface area contributed by atoms with E-state index in [1.165, 1.54) is 12.0 Å². The van der Waals surface area contributed by atoms with Crippen LogP contribution in [0.3, 0.4) is 0 Å². The topological polar surface area (TPSA) is 69.0 Å². The number of hydrogen-bond acceptors (Lipinski definition) is 5. The zero-order valence-corrected chi connectivity index (χ0v) is 20.0. The van der Waals surface area contributed by atoms with Gasteiger partial charge >= 0.3 is 0 Å². The van der Waals surface area contributed by atoms with E-state index in [4.69, 9.17) is 25.5 Å². The van der Waals surface area contributed by atoms with E-state index in [1.807, 2.05) is 19.1 Å². The molecule has 4 aromatic rings. The van der Waals surface area contributed by atoms with Gasteiger partial charge in [-0.05, 0) is 55.0 Å². The number of fused-ring (bicyclic) bond motifs is 2. The highest BCUT2D eigenvalue weighted by molar-refractivity contribution is 6.31. The van der Waals surface area contributed by atoms with Gasteiger partial charge < -0.3 is 13.9 Å². The van der Waals surface area contributed by atoms with E-state index in [-0.39, 0.29) is 16.8 Å². The van der Waals surface area contributed by atoms with Crippen molar-refractivity contribution in [2.75, 3.05) is 18.6 Å². The maximum Gasteiger partial charge on any atom is 0.295 e. The number of aryl methyl sites for hydroxylation is 1. The molecule has 1 aliphatic rings. The van der Waals surface area contributed by atoms with Gasteiger partial charge in [-0.15, -0.1) is 0 Å². The third-order valence-electron chi connectivity index (χ3n) is 5.97. The van der Waals surface area contributed by atoms with Crippen molar-refractivity contribution in [1.82, 2.24) is 0 Å². The van der Waals surface area contributed by atoms with Crippen LogP contribution in [0.4, 0.5) is 5.69 Å². The summed E-state index contributed by atoms with van der Waals surface area (Å²) >= 11 is 6.26. The van der Waals surface area contributed by atoms with Gasteiger partial charge in [0, 0.05) is 10.7 Å². The highest BCUT2D eigenvalue weighted by atomic mass is 35.5. The molecule has 1 aromatic heterocycles. The molecular formula is C28H22ClNO5. The molecule has 1 unspecified atom stereocenters. The Morgan fingerprint density at radius 2 is 1.91 bits per heavy atom. The highest BCUT2D eigenvalue weighted by Crippen LogP contribution is 2.43. The van der Waals surface area contributed by atoms with E-state index in [1.54, 1.807) is 54.6 Å². The Labute approximate surface area is 207 Å². The molecule has 0 aliphatic carbocycles. The first-order chi connectivity index (χ1) is 16.9. The zero-order chi connectivity index (χ0) is 24.7. The molecule has 0 spiro atoms. The third-order valence-corrected chi connectivity index (χ3v) is 6.21. The summed E-state index contributed by atoms with van der Waals surface area (Å²) in [5.41, 5.74) is 2.52. The van der Waals surface area contributed by atoms with Crippen LogP contribution in [0.15, 0.2) is 82.5 Å². The van der Waals surface area contributed by atoms with Crippen molar-refractivity contribution in [2.24, 2.45) is 0 Å². The van der Waals surface area contributed by atoms with Crippen LogP contribution >= 0.6 is 11.6 Å². The number of hydrogen-bond donors (Lipinski definition) is 0. The molecule has 1 amide bonds. The normalized spacial score (nSPS) is 14.8. The number of carbonyl (C=O) groups excluding carboxylic acids is 1. The Balaban J connectivity index is 1.77. The summed E-state index contributed by atoms with van der Waals surface area (Å²) in [4.78, 5) is 29.0. The van der Waals surface area contributed by atoms with Crippen molar-refractivity contribution >= 4 is 34.2 Å². The fourth-order valence-electron chi connectivity index (χ4n) is 4.42. The monoisotopic (exact) mass is 487 g/mol. The van der Waals surface area contributed by atoms with Crippen LogP contribution in [0.5, 0.6) is 11.5 Å². The molecule has 5 rings (SSSR count). The predicted molar refractivity (Wildman–Crippen MR) is 136 cm³/mol. The number of nitrogens with zero attached hydrogens (tertiary/aromatic N) is 1. The number of ether oxygens (including phenoxy) is 2. The van der Waals surface area contributed by atoms with Crippen molar-refractivity contribution in [3.05, 3.63) is 111 Å². The van der Waals surface area contributed by atoms with Gasteiger partial charge in [-0.3, -0.25) is 14.5 Å². The lowest BCUT2D eigenvalue weighted by molar-refractivity contribution is 0.0971. The van der Waals surface area contributed by atoms with Crippen LogP contribution in [0.25, 0.3) is 11.0 Å². The Bertz CT molecular complexity index is 1540. The lowest BCUT2D eigenvalue weighted by atomic mass is 9.97. The minimum atomic E-state index is -0.750. The van der Waals surface area contributed by atoms with E-state index >= 15 is 0 Å². The smallest absolute Gasteiger partial charge is 0.295 e. The average Bonchev–Trinajstić information content (AvgIpc) is 3.15. The summed E-state index contributed by atoms with van der Waals surface area (Å²) in [6.45, 7) is 5.88. The van der Waals surface area contributed by atoms with Crippen LogP contribution in [-0.2, 0) is 0 Å². The van der Waals surface area contributed by atoms with E-state index in [0.29, 0.717) is 45.3 Å². The molecule has 2 heterocycles. The Morgan fingerprint density at radius 1 is 1.09 bits per heavy atom. The summed E-state index contributed by atoms with van der Waals surface area (Å²) in [5, 5.41) is 0.892. The quantitative estimate of drug-likeness (QED) is 0.308. The second-order valence-corrected chi connectivity index (χ2v) is 8.68. The molecule has 0 bridgehead atoms. The van der Waals surface area contributed by atoms with Gasteiger partial charge in [0.1, 0.15) is 12.2 Å². The minimum Gasteiger partial charge on any atom is -0.493 e. The number of amides is 1. The van der Waals surface area contributed by atoms with E-state index < -0.39 is 11.9 Å². The first-order valence-electron chi connectivity index (χ1n) is 11.0. The fraction of sp³-hybridized carbons (Fsp3) is 0.143. The molecule has 35 heavy (non-hydrogen) atoms. The SMILES string of the molecule is C=CCOc1ccc(C2c3c(oc4ccc(C)cc4c3=O)C(=O)N2c2cccc(Cl)c2)cc1OC. The van der Waals surface area contributed by atoms with Crippen LogP contribution in [0, 0.1) is 6.92 Å². The molecule has 176 valence electrons. The van der Waals surface area contributed by atoms with Crippen LogP contribution < -0.4 is 19.8 Å². The van der Waals surface area contributed by atoms with Crippen LogP contribution in [0.1, 0.15) is 33.3 Å². The lowest BCUT2D eigenvalue weighted by Gasteiger charge is -2.26. The van der Waals surface area contributed by atoms with Crippen molar-refractivity contribution < 1.29 is 18.7 Å². The Morgan fingerprint density at radius 3 is 2.66 bits per heavy atom. The zero-order valence-electron chi connectivity index (χ0n) is 19.2. The number of rotatable bonds is 6. The molecule has 0 saturated heterocycles. The van der Waals surface area contributed by atoms with Crippen molar-refractivity contribution in [1.29, 1.82) is 0 Å². The van der Waals surface area contributed by atoms with Gasteiger partial charge in [0.15, 0.2) is 16.9 Å². The Hall–Kier alpha value is -4.03. The van der Waals surface area contributed by atoms with Gasteiger partial charge in [0.25, 0.3) is 5.91 Å². The molecule has 7 heteroatoms. The maximum absolute atomic E-state index is 13.8. The fourth-order valence-corrected chi connectivity index (χ4v) is 4.60. The molecule has 0 N–H and O–H groups in total. The van der Waals surface area contributed by atoms with Gasteiger partial charge in [-0.1, -0.05) is 48.0 Å². The molecule has 3 aromatic carbocycles. The standard InChI is InChI=1S/C28H22ClNO5/c1-4-12-34-22-11-9-17(14-23(22)33-3)25-24-26(31)20-13-16(2)8-10-21(20)35-27(24)28(32)30(25)19-7-5-6-18(29)15-19/h4-11,13-15,25H,1,12H2,2-3H3. The summed E-state index contributed by atoms with van der Waals surface area (Å²) in [6, 6.07) is 16.9. The number of carbonyl (C=O) groups is 1. The molecule has 0 saturated carbocycles. The van der Waals surface area contributed by atoms with Crippen LogP contribution in [0.2, 0.25) is 5.02 Å². The number of halogens is 1. The summed E-state index contributed by atoms with van der Waals surface area (Å²) in [7, 11) is 1.53. The first-order valence-corrected chi connectivity index (χ1v) is 11.4. The van der Waals surface area contributed by atoms with E-state index in [0.717, 1.165) is 5.56 Å².